The van der Waals surface area contributed by atoms with Gasteiger partial charge in [0.05, 0.1) is 12.2 Å². The van der Waals surface area contributed by atoms with Crippen LogP contribution in [0, 0.1) is 62.6 Å². The average Bonchev–Trinajstić information content (AvgIpc) is 3.35. The van der Waals surface area contributed by atoms with Crippen molar-refractivity contribution < 1.29 is 4.74 Å². The lowest BCUT2D eigenvalue weighted by atomic mass is 9.32. The number of rotatable bonds is 1. The lowest BCUT2D eigenvalue weighted by molar-refractivity contribution is -0.235. The fourth-order valence-corrected chi connectivity index (χ4v) is 12.2. The molecule has 2 unspecified atom stereocenters. The molecule has 0 amide bonds. The van der Waals surface area contributed by atoms with Gasteiger partial charge in [-0.1, -0.05) is 55.4 Å². The molecule has 0 aromatic heterocycles. The van der Waals surface area contributed by atoms with Crippen molar-refractivity contribution >= 4 is 0 Å². The van der Waals surface area contributed by atoms with E-state index in [-0.39, 0.29) is 0 Å². The van der Waals surface area contributed by atoms with Gasteiger partial charge in [0.25, 0.3) is 0 Å². The van der Waals surface area contributed by atoms with E-state index in [0.29, 0.717) is 39.3 Å². The highest BCUT2D eigenvalue weighted by Crippen LogP contribution is 2.78. The molecule has 0 bridgehead atoms. The van der Waals surface area contributed by atoms with Crippen LogP contribution < -0.4 is 0 Å². The number of hydrogen-bond acceptors (Lipinski definition) is 1. The molecule has 6 rings (SSSR count). The minimum Gasteiger partial charge on any atom is -0.369 e. The van der Waals surface area contributed by atoms with Crippen LogP contribution in [-0.4, -0.2) is 12.2 Å². The summed E-state index contributed by atoms with van der Waals surface area (Å²) in [6.45, 7) is 21.2. The van der Waals surface area contributed by atoms with Gasteiger partial charge in [0, 0.05) is 5.41 Å². The Balaban J connectivity index is 1.41. The Labute approximate surface area is 192 Å². The highest BCUT2D eigenvalue weighted by atomic mass is 16.6. The molecule has 1 aliphatic heterocycles. The number of hydrogen-bond donors (Lipinski definition) is 0. The zero-order valence-electron chi connectivity index (χ0n) is 21.9. The smallest absolute Gasteiger partial charge is 0.0901 e. The summed E-state index contributed by atoms with van der Waals surface area (Å²) in [6.07, 6.45) is 14.3. The van der Waals surface area contributed by atoms with E-state index in [0.717, 1.165) is 35.5 Å². The number of fused-ring (bicyclic) bond motifs is 9. The van der Waals surface area contributed by atoms with Gasteiger partial charge in [0.1, 0.15) is 0 Å². The zero-order valence-corrected chi connectivity index (χ0v) is 21.9. The molecule has 5 saturated carbocycles. The van der Waals surface area contributed by atoms with E-state index in [4.69, 9.17) is 4.74 Å². The van der Waals surface area contributed by atoms with Gasteiger partial charge >= 0.3 is 0 Å². The summed E-state index contributed by atoms with van der Waals surface area (Å²) in [5.74, 6) is 5.46. The quantitative estimate of drug-likeness (QED) is 0.386. The van der Waals surface area contributed by atoms with Gasteiger partial charge in [0.2, 0.25) is 0 Å². The van der Waals surface area contributed by atoms with E-state index in [1.54, 1.807) is 0 Å². The Morgan fingerprint density at radius 3 is 2.19 bits per heavy atom. The molecule has 6 fully saturated rings. The van der Waals surface area contributed by atoms with Crippen molar-refractivity contribution in [2.45, 2.75) is 125 Å². The number of ether oxygens (including phenoxy) is 1. The van der Waals surface area contributed by atoms with Gasteiger partial charge in [-0.25, -0.2) is 0 Å². The average molecular weight is 427 g/mol. The molecule has 0 aromatic rings. The molecule has 0 N–H and O–H groups in total. The molecule has 0 aromatic carbocycles. The van der Waals surface area contributed by atoms with Gasteiger partial charge in [-0.05, 0) is 115 Å². The standard InChI is InChI=1S/C30H50O/c1-18(2)19-11-13-27(5)15-16-28(6)20(24(19)27)9-10-23-29(28,7)14-12-22-26(3,4)17-21-25(31-21)30(22,23)8/h18-25H,9-17H2,1-8H3/t19-,20+,21?,22-,23-,24+,25?,27+,28+,29+,30-/m0/s1. The van der Waals surface area contributed by atoms with Gasteiger partial charge < -0.3 is 4.74 Å². The predicted octanol–water partition coefficient (Wildman–Crippen LogP) is 8.12. The zero-order chi connectivity index (χ0) is 22.2. The van der Waals surface area contributed by atoms with Crippen molar-refractivity contribution in [3.63, 3.8) is 0 Å². The van der Waals surface area contributed by atoms with Crippen molar-refractivity contribution in [1.82, 2.24) is 0 Å². The summed E-state index contributed by atoms with van der Waals surface area (Å²) < 4.78 is 6.48. The van der Waals surface area contributed by atoms with E-state index < -0.39 is 0 Å². The van der Waals surface area contributed by atoms with Gasteiger partial charge in [-0.2, -0.15) is 0 Å². The van der Waals surface area contributed by atoms with E-state index >= 15 is 0 Å². The first-order chi connectivity index (χ1) is 14.4. The first-order valence-corrected chi connectivity index (χ1v) is 14.0. The first-order valence-electron chi connectivity index (χ1n) is 14.0. The maximum absolute atomic E-state index is 6.48. The SMILES string of the molecule is CC(C)[C@@H]1CC[C@]2(C)CC[C@]3(C)[C@H](CC[C@@H]4[C@@]5(C)C6OC6CC(C)(C)[C@@H]5CC[C@]43C)[C@@H]12. The summed E-state index contributed by atoms with van der Waals surface area (Å²) in [5, 5.41) is 0. The third-order valence-corrected chi connectivity index (χ3v) is 13.8. The second-order valence-electron chi connectivity index (χ2n) is 15.4. The predicted molar refractivity (Wildman–Crippen MR) is 129 cm³/mol. The maximum Gasteiger partial charge on any atom is 0.0901 e. The molecule has 0 radical (unpaired) electrons. The largest absolute Gasteiger partial charge is 0.369 e. The summed E-state index contributed by atoms with van der Waals surface area (Å²) >= 11 is 0. The molecule has 176 valence electrons. The van der Waals surface area contributed by atoms with Crippen LogP contribution in [0.2, 0.25) is 0 Å². The van der Waals surface area contributed by atoms with E-state index in [2.05, 4.69) is 55.4 Å². The molecule has 1 heterocycles. The van der Waals surface area contributed by atoms with Crippen LogP contribution in [0.4, 0.5) is 0 Å². The fraction of sp³-hybridized carbons (Fsp3) is 1.00. The van der Waals surface area contributed by atoms with Crippen LogP contribution >= 0.6 is 0 Å². The van der Waals surface area contributed by atoms with E-state index in [1.165, 1.54) is 57.8 Å². The first kappa shape index (κ1) is 21.5. The highest BCUT2D eigenvalue weighted by Gasteiger charge is 2.74. The molecule has 1 saturated heterocycles. The summed E-state index contributed by atoms with van der Waals surface area (Å²) in [5.41, 5.74) is 2.50. The monoisotopic (exact) mass is 426 g/mol. The second kappa shape index (κ2) is 6.14. The van der Waals surface area contributed by atoms with Crippen molar-refractivity contribution in [1.29, 1.82) is 0 Å². The van der Waals surface area contributed by atoms with Crippen molar-refractivity contribution in [2.75, 3.05) is 0 Å². The maximum atomic E-state index is 6.48. The summed E-state index contributed by atoms with van der Waals surface area (Å²) in [4.78, 5) is 0. The van der Waals surface area contributed by atoms with Crippen molar-refractivity contribution in [3.8, 4) is 0 Å². The number of epoxide rings is 1. The van der Waals surface area contributed by atoms with Crippen LogP contribution in [0.25, 0.3) is 0 Å². The lowest BCUT2D eigenvalue weighted by Crippen LogP contribution is -2.66. The molecule has 11 atom stereocenters. The van der Waals surface area contributed by atoms with Crippen molar-refractivity contribution in [3.05, 3.63) is 0 Å². The van der Waals surface area contributed by atoms with Crippen LogP contribution in [0.5, 0.6) is 0 Å². The molecule has 1 heteroatoms. The Morgan fingerprint density at radius 1 is 0.742 bits per heavy atom. The molecule has 5 aliphatic carbocycles. The fourth-order valence-electron chi connectivity index (χ4n) is 12.2. The summed E-state index contributed by atoms with van der Waals surface area (Å²) in [7, 11) is 0. The second-order valence-corrected chi connectivity index (χ2v) is 15.4. The van der Waals surface area contributed by atoms with Crippen LogP contribution in [0.1, 0.15) is 113 Å². The summed E-state index contributed by atoms with van der Waals surface area (Å²) in [6, 6.07) is 0. The Bertz CT molecular complexity index is 768. The molecule has 6 aliphatic rings. The Morgan fingerprint density at radius 2 is 1.48 bits per heavy atom. The van der Waals surface area contributed by atoms with E-state index in [1.807, 2.05) is 0 Å². The third-order valence-electron chi connectivity index (χ3n) is 13.8. The normalized spacial score (nSPS) is 61.6. The molecular formula is C30H50O. The van der Waals surface area contributed by atoms with Crippen molar-refractivity contribution in [2.24, 2.45) is 62.6 Å². The molecule has 1 nitrogen and oxygen atoms in total. The molecule has 0 spiro atoms. The van der Waals surface area contributed by atoms with Gasteiger partial charge in [-0.3, -0.25) is 0 Å². The molecule has 31 heavy (non-hydrogen) atoms. The van der Waals surface area contributed by atoms with Crippen LogP contribution in [-0.2, 0) is 4.74 Å². The Hall–Kier alpha value is -0.0400. The minimum absolute atomic E-state index is 0.404. The topological polar surface area (TPSA) is 12.5 Å². The van der Waals surface area contributed by atoms with Crippen LogP contribution in [0.15, 0.2) is 0 Å². The van der Waals surface area contributed by atoms with E-state index in [9.17, 15) is 0 Å². The van der Waals surface area contributed by atoms with Gasteiger partial charge in [-0.15, -0.1) is 0 Å². The molecular weight excluding hydrogens is 376 g/mol. The lowest BCUT2D eigenvalue weighted by Gasteiger charge is -2.72. The Kier molecular flexibility index (Phi) is 4.26. The third kappa shape index (κ3) is 2.44. The van der Waals surface area contributed by atoms with Crippen LogP contribution in [0.3, 0.4) is 0 Å². The highest BCUT2D eigenvalue weighted by molar-refractivity contribution is 5.22. The minimum atomic E-state index is 0.404. The van der Waals surface area contributed by atoms with Gasteiger partial charge in [0.15, 0.2) is 0 Å².